The van der Waals surface area contributed by atoms with Crippen LogP contribution in [0.25, 0.3) is 22.0 Å². The molecule has 0 radical (unpaired) electrons. The Bertz CT molecular complexity index is 1460. The molecule has 2 fully saturated rings. The van der Waals surface area contributed by atoms with Gasteiger partial charge in [0.25, 0.3) is 0 Å². The number of sulfonamides is 1. The summed E-state index contributed by atoms with van der Waals surface area (Å²) in [5, 5.41) is 4.28. The van der Waals surface area contributed by atoms with Crippen LogP contribution in [0.15, 0.2) is 36.7 Å². The molecule has 3 aliphatic rings. The molecule has 1 saturated heterocycles. The molecule has 1 amide bonds. The van der Waals surface area contributed by atoms with E-state index in [4.69, 9.17) is 0 Å². The molecule has 10 heteroatoms. The molecule has 6 rings (SSSR count). The van der Waals surface area contributed by atoms with Gasteiger partial charge in [0.15, 0.2) is 5.82 Å². The van der Waals surface area contributed by atoms with Crippen LogP contribution >= 0.6 is 0 Å². The molecular formula is C25H28N6O3S. The minimum atomic E-state index is -3.49. The van der Waals surface area contributed by atoms with E-state index < -0.39 is 15.4 Å². The molecule has 2 N–H and O–H groups in total. The number of anilines is 3. The number of rotatable bonds is 4. The Morgan fingerprint density at radius 2 is 1.83 bits per heavy atom. The first-order valence-corrected chi connectivity index (χ1v) is 13.8. The second-order valence-electron chi connectivity index (χ2n) is 9.76. The van der Waals surface area contributed by atoms with E-state index >= 15 is 0 Å². The van der Waals surface area contributed by atoms with Gasteiger partial charge in [0, 0.05) is 55.9 Å². The largest absolute Gasteiger partial charge is 0.352 e. The molecule has 1 aromatic carbocycles. The van der Waals surface area contributed by atoms with E-state index in [2.05, 4.69) is 31.0 Å². The highest BCUT2D eigenvalue weighted by Gasteiger charge is 2.54. The van der Waals surface area contributed by atoms with E-state index in [9.17, 15) is 13.2 Å². The third kappa shape index (κ3) is 3.54. The summed E-state index contributed by atoms with van der Waals surface area (Å²) in [5.41, 5.74) is 4.52. The zero-order valence-corrected chi connectivity index (χ0v) is 20.7. The fraction of sp³-hybridized carbons (Fsp3) is 0.400. The SMILES string of the molecule is CN1C(=O)C2(CCC2)c2c1cnc1ccc(-c3cnc(N4CCNCC4)c(NS(C)(=O)=O)c3)cc21. The molecule has 1 saturated carbocycles. The first kappa shape index (κ1) is 22.2. The van der Waals surface area contributed by atoms with Crippen LogP contribution in [0, 0.1) is 0 Å². The first-order valence-electron chi connectivity index (χ1n) is 11.9. The van der Waals surface area contributed by atoms with Crippen molar-refractivity contribution in [1.82, 2.24) is 15.3 Å². The van der Waals surface area contributed by atoms with Crippen molar-refractivity contribution in [2.75, 3.05) is 54.0 Å². The van der Waals surface area contributed by atoms with Gasteiger partial charge in [-0.05, 0) is 36.6 Å². The highest BCUT2D eigenvalue weighted by Crippen LogP contribution is 2.55. The Hall–Kier alpha value is -3.24. The summed E-state index contributed by atoms with van der Waals surface area (Å²) < 4.78 is 27.0. The lowest BCUT2D eigenvalue weighted by Crippen LogP contribution is -2.44. The lowest BCUT2D eigenvalue weighted by molar-refractivity contribution is -0.125. The number of nitrogens with zero attached hydrogens (tertiary/aromatic N) is 4. The van der Waals surface area contributed by atoms with Crippen molar-refractivity contribution in [3.05, 3.63) is 42.2 Å². The average molecular weight is 493 g/mol. The second kappa shape index (κ2) is 7.89. The lowest BCUT2D eigenvalue weighted by atomic mass is 9.64. The predicted octanol–water partition coefficient (Wildman–Crippen LogP) is 2.48. The van der Waals surface area contributed by atoms with Crippen molar-refractivity contribution in [2.45, 2.75) is 24.7 Å². The molecule has 182 valence electrons. The molecule has 2 aliphatic heterocycles. The first-order chi connectivity index (χ1) is 16.8. The lowest BCUT2D eigenvalue weighted by Gasteiger charge is -2.37. The van der Waals surface area contributed by atoms with Gasteiger partial charge in [-0.3, -0.25) is 14.5 Å². The van der Waals surface area contributed by atoms with Crippen molar-refractivity contribution in [1.29, 1.82) is 0 Å². The van der Waals surface area contributed by atoms with Crippen molar-refractivity contribution < 1.29 is 13.2 Å². The zero-order chi connectivity index (χ0) is 24.4. The smallest absolute Gasteiger partial charge is 0.237 e. The van der Waals surface area contributed by atoms with Gasteiger partial charge in [-0.2, -0.15) is 0 Å². The van der Waals surface area contributed by atoms with Gasteiger partial charge < -0.3 is 15.1 Å². The Kier molecular flexibility index (Phi) is 5.01. The molecule has 0 bridgehead atoms. The van der Waals surface area contributed by atoms with Crippen LogP contribution in [0.1, 0.15) is 24.8 Å². The summed E-state index contributed by atoms with van der Waals surface area (Å²) in [7, 11) is -1.66. The fourth-order valence-electron chi connectivity index (χ4n) is 5.67. The quantitative estimate of drug-likeness (QED) is 0.576. The van der Waals surface area contributed by atoms with E-state index in [1.807, 2.05) is 25.2 Å². The third-order valence-corrected chi connectivity index (χ3v) is 8.11. The van der Waals surface area contributed by atoms with E-state index in [1.54, 1.807) is 17.3 Å². The van der Waals surface area contributed by atoms with Crippen LogP contribution in [0.5, 0.6) is 0 Å². The Morgan fingerprint density at radius 3 is 2.51 bits per heavy atom. The normalized spacial score (nSPS) is 19.2. The standard InChI is InChI=1S/C25H28N6O3S/c1-30-21-15-27-19-5-4-16(12-18(19)22(21)25(24(30)32)6-3-7-25)17-13-20(29-35(2,33)34)23(28-14-17)31-10-8-26-9-11-31/h4-5,12-15,26,29H,3,6-11H2,1-2H3. The number of benzene rings is 1. The van der Waals surface area contributed by atoms with Gasteiger partial charge in [0.05, 0.1) is 34.8 Å². The number of hydrogen-bond donors (Lipinski definition) is 2. The van der Waals surface area contributed by atoms with Gasteiger partial charge in [-0.1, -0.05) is 12.5 Å². The second-order valence-corrected chi connectivity index (χ2v) is 11.5. The third-order valence-electron chi connectivity index (χ3n) is 7.52. The van der Waals surface area contributed by atoms with Gasteiger partial charge >= 0.3 is 0 Å². The number of aromatic nitrogens is 2. The van der Waals surface area contributed by atoms with Crippen molar-refractivity contribution in [2.24, 2.45) is 0 Å². The summed E-state index contributed by atoms with van der Waals surface area (Å²) in [5.74, 6) is 0.782. The maximum atomic E-state index is 13.1. The van der Waals surface area contributed by atoms with Crippen molar-refractivity contribution in [3.63, 3.8) is 0 Å². The Balaban J connectivity index is 1.48. The van der Waals surface area contributed by atoms with E-state index in [0.717, 1.165) is 85.0 Å². The molecular weight excluding hydrogens is 464 g/mol. The maximum Gasteiger partial charge on any atom is 0.237 e. The van der Waals surface area contributed by atoms with E-state index in [-0.39, 0.29) is 5.91 Å². The van der Waals surface area contributed by atoms with Crippen LogP contribution in [0.2, 0.25) is 0 Å². The summed E-state index contributed by atoms with van der Waals surface area (Å²) in [4.78, 5) is 26.3. The molecule has 2 aromatic heterocycles. The number of nitrogens with one attached hydrogen (secondary N) is 2. The number of carbonyl (C=O) groups is 1. The molecule has 9 nitrogen and oxygen atoms in total. The van der Waals surface area contributed by atoms with Crippen LogP contribution in [0.4, 0.5) is 17.2 Å². The van der Waals surface area contributed by atoms with Gasteiger partial charge in [0.1, 0.15) is 0 Å². The van der Waals surface area contributed by atoms with Crippen LogP contribution in [-0.2, 0) is 20.2 Å². The van der Waals surface area contributed by atoms with E-state index in [0.29, 0.717) is 11.5 Å². The van der Waals surface area contributed by atoms with Gasteiger partial charge in [-0.15, -0.1) is 0 Å². The van der Waals surface area contributed by atoms with Crippen molar-refractivity contribution >= 4 is 44.0 Å². The Labute approximate surface area is 204 Å². The van der Waals surface area contributed by atoms with Crippen LogP contribution < -0.4 is 19.8 Å². The monoisotopic (exact) mass is 492 g/mol. The summed E-state index contributed by atoms with van der Waals surface area (Å²) in [6.45, 7) is 3.14. The van der Waals surface area contributed by atoms with Crippen LogP contribution in [0.3, 0.4) is 0 Å². The number of hydrogen-bond acceptors (Lipinski definition) is 7. The maximum absolute atomic E-state index is 13.1. The van der Waals surface area contributed by atoms with E-state index in [1.165, 1.54) is 0 Å². The highest BCUT2D eigenvalue weighted by molar-refractivity contribution is 7.92. The Morgan fingerprint density at radius 1 is 1.06 bits per heavy atom. The molecule has 0 atom stereocenters. The molecule has 3 aromatic rings. The molecule has 4 heterocycles. The zero-order valence-electron chi connectivity index (χ0n) is 19.8. The topological polar surface area (TPSA) is 108 Å². The molecule has 1 aliphatic carbocycles. The average Bonchev–Trinajstić information content (AvgIpc) is 3.05. The summed E-state index contributed by atoms with van der Waals surface area (Å²) >= 11 is 0. The minimum Gasteiger partial charge on any atom is -0.352 e. The highest BCUT2D eigenvalue weighted by atomic mass is 32.2. The predicted molar refractivity (Wildman–Crippen MR) is 137 cm³/mol. The number of pyridine rings is 2. The number of amides is 1. The van der Waals surface area contributed by atoms with Crippen LogP contribution in [-0.4, -0.2) is 63.8 Å². The minimum absolute atomic E-state index is 0.153. The number of likely N-dealkylation sites (N-methyl/N-ethyl adjacent to an activating group) is 1. The molecule has 1 spiro atoms. The summed E-state index contributed by atoms with van der Waals surface area (Å²) in [6, 6.07) is 7.86. The number of carbonyl (C=O) groups excluding carboxylic acids is 1. The summed E-state index contributed by atoms with van der Waals surface area (Å²) in [6.07, 6.45) is 7.50. The molecule has 35 heavy (non-hydrogen) atoms. The fourth-order valence-corrected chi connectivity index (χ4v) is 6.22. The number of piperazine rings is 1. The van der Waals surface area contributed by atoms with Crippen molar-refractivity contribution in [3.8, 4) is 11.1 Å². The number of fused-ring (bicyclic) bond motifs is 4. The van der Waals surface area contributed by atoms with Gasteiger partial charge in [0.2, 0.25) is 15.9 Å². The molecule has 0 unspecified atom stereocenters. The van der Waals surface area contributed by atoms with Gasteiger partial charge in [-0.25, -0.2) is 13.4 Å².